The molecular formula is C25H25F3N4OS. The van der Waals surface area contributed by atoms with Gasteiger partial charge >= 0.3 is 6.18 Å². The maximum Gasteiger partial charge on any atom is 0.416 e. The van der Waals surface area contributed by atoms with Gasteiger partial charge in [-0.15, -0.1) is 11.3 Å². The third-order valence-corrected chi connectivity index (χ3v) is 7.34. The second-order valence-electron chi connectivity index (χ2n) is 8.87. The lowest BCUT2D eigenvalue weighted by atomic mass is 9.85. The first-order chi connectivity index (χ1) is 16.4. The van der Waals surface area contributed by atoms with Gasteiger partial charge in [-0.3, -0.25) is 14.7 Å². The highest BCUT2D eigenvalue weighted by atomic mass is 32.1. The third-order valence-electron chi connectivity index (χ3n) is 6.45. The number of hydrogen-bond acceptors (Lipinski definition) is 5. The van der Waals surface area contributed by atoms with Crippen LogP contribution in [0.5, 0.6) is 0 Å². The lowest BCUT2D eigenvalue weighted by Gasteiger charge is -2.24. The summed E-state index contributed by atoms with van der Waals surface area (Å²) in [6, 6.07) is 8.76. The van der Waals surface area contributed by atoms with Crippen LogP contribution in [0.15, 0.2) is 42.6 Å². The van der Waals surface area contributed by atoms with E-state index >= 15 is 0 Å². The van der Waals surface area contributed by atoms with Crippen molar-refractivity contribution >= 4 is 22.4 Å². The number of halogens is 3. The summed E-state index contributed by atoms with van der Waals surface area (Å²) in [4.78, 5) is 25.7. The Morgan fingerprint density at radius 2 is 1.97 bits per heavy atom. The number of carbonyl (C=O) groups excluding carboxylic acids is 1. The molecule has 1 N–H and O–H groups in total. The van der Waals surface area contributed by atoms with E-state index in [2.05, 4.69) is 20.2 Å². The van der Waals surface area contributed by atoms with Crippen LogP contribution in [-0.2, 0) is 23.9 Å². The fourth-order valence-corrected chi connectivity index (χ4v) is 5.57. The minimum atomic E-state index is -4.42. The van der Waals surface area contributed by atoms with Crippen molar-refractivity contribution in [3.63, 3.8) is 0 Å². The van der Waals surface area contributed by atoms with Gasteiger partial charge in [0.2, 0.25) is 5.91 Å². The van der Waals surface area contributed by atoms with Gasteiger partial charge in [-0.2, -0.15) is 13.2 Å². The van der Waals surface area contributed by atoms with Gasteiger partial charge in [0.25, 0.3) is 0 Å². The largest absolute Gasteiger partial charge is 0.416 e. The molecule has 2 aromatic heterocycles. The summed E-state index contributed by atoms with van der Waals surface area (Å²) < 4.78 is 39.5. The van der Waals surface area contributed by atoms with E-state index in [4.69, 9.17) is 0 Å². The number of nitrogens with one attached hydrogen (secondary N) is 1. The standard InChI is InChI=1S/C25H25F3N4OS/c26-25(27,28)18-7-3-6-17(13-18)21-10-9-16-5-4-8-20(22(16)30-21)23(33)31-24-29-14-19(34-24)15-32-11-1-2-12-32/h3,6-7,9-10,13-14,20H,1-2,4-5,8,11-12,15H2,(H,29,31,33). The van der Waals surface area contributed by atoms with Crippen LogP contribution in [0.25, 0.3) is 11.3 Å². The normalized spacial score (nSPS) is 18.6. The second-order valence-corrected chi connectivity index (χ2v) is 9.98. The number of carbonyl (C=O) groups is 1. The summed E-state index contributed by atoms with van der Waals surface area (Å²) >= 11 is 1.49. The highest BCUT2D eigenvalue weighted by Crippen LogP contribution is 2.35. The van der Waals surface area contributed by atoms with Crippen molar-refractivity contribution in [2.75, 3.05) is 18.4 Å². The number of aryl methyl sites for hydroxylation is 1. The molecule has 1 saturated heterocycles. The Labute approximate surface area is 200 Å². The number of nitrogens with zero attached hydrogens (tertiary/aromatic N) is 3. The predicted octanol–water partition coefficient (Wildman–Crippen LogP) is 5.88. The van der Waals surface area contributed by atoms with E-state index in [-0.39, 0.29) is 5.91 Å². The first-order valence-corrected chi connectivity index (χ1v) is 12.3. The number of amides is 1. The van der Waals surface area contributed by atoms with Crippen LogP contribution < -0.4 is 5.32 Å². The van der Waals surface area contributed by atoms with E-state index in [1.54, 1.807) is 12.1 Å². The lowest BCUT2D eigenvalue weighted by molar-refractivity contribution is -0.137. The molecule has 9 heteroatoms. The summed E-state index contributed by atoms with van der Waals surface area (Å²) in [5, 5.41) is 3.52. The number of hydrogen-bond donors (Lipinski definition) is 1. The van der Waals surface area contributed by atoms with Crippen molar-refractivity contribution in [1.82, 2.24) is 14.9 Å². The first kappa shape index (κ1) is 23.0. The molecule has 1 aromatic carbocycles. The van der Waals surface area contributed by atoms with E-state index < -0.39 is 17.7 Å². The Hall–Kier alpha value is -2.78. The monoisotopic (exact) mass is 486 g/mol. The highest BCUT2D eigenvalue weighted by molar-refractivity contribution is 7.15. The molecule has 0 radical (unpaired) electrons. The predicted molar refractivity (Wildman–Crippen MR) is 126 cm³/mol. The van der Waals surface area contributed by atoms with Crippen molar-refractivity contribution in [2.24, 2.45) is 0 Å². The van der Waals surface area contributed by atoms with Crippen molar-refractivity contribution in [2.45, 2.75) is 50.7 Å². The molecule has 0 bridgehead atoms. The zero-order valence-electron chi connectivity index (χ0n) is 18.6. The zero-order chi connectivity index (χ0) is 23.7. The number of pyridine rings is 1. The summed E-state index contributed by atoms with van der Waals surface area (Å²) in [5.74, 6) is -0.628. The molecule has 3 aromatic rings. The molecule has 1 unspecified atom stereocenters. The van der Waals surface area contributed by atoms with Gasteiger partial charge in [0, 0.05) is 23.2 Å². The van der Waals surface area contributed by atoms with Gasteiger partial charge < -0.3 is 5.32 Å². The second kappa shape index (κ2) is 9.46. The van der Waals surface area contributed by atoms with Gasteiger partial charge in [-0.25, -0.2) is 4.98 Å². The molecule has 1 aliphatic carbocycles. The van der Waals surface area contributed by atoms with E-state index in [0.29, 0.717) is 28.5 Å². The average Bonchev–Trinajstić information content (AvgIpc) is 3.50. The number of fused-ring (bicyclic) bond motifs is 1. The molecule has 2 aliphatic rings. The Balaban J connectivity index is 1.35. The summed E-state index contributed by atoms with van der Waals surface area (Å²) in [7, 11) is 0. The molecule has 1 amide bonds. The van der Waals surface area contributed by atoms with Crippen LogP contribution in [0.4, 0.5) is 18.3 Å². The lowest BCUT2D eigenvalue weighted by Crippen LogP contribution is -2.25. The molecule has 34 heavy (non-hydrogen) atoms. The number of benzene rings is 1. The van der Waals surface area contributed by atoms with Gasteiger partial charge in [0.1, 0.15) is 0 Å². The molecule has 1 atom stereocenters. The zero-order valence-corrected chi connectivity index (χ0v) is 19.4. The Bertz CT molecular complexity index is 1190. The molecule has 1 aliphatic heterocycles. The molecule has 178 valence electrons. The van der Waals surface area contributed by atoms with E-state index in [0.717, 1.165) is 55.0 Å². The van der Waals surface area contributed by atoms with Crippen LogP contribution in [0.2, 0.25) is 0 Å². The average molecular weight is 487 g/mol. The SMILES string of the molecule is O=C(Nc1ncc(CN2CCCC2)s1)C1CCCc2ccc(-c3cccc(C(F)(F)F)c3)nc21. The minimum Gasteiger partial charge on any atom is -0.301 e. The van der Waals surface area contributed by atoms with Crippen LogP contribution in [-0.4, -0.2) is 33.9 Å². The van der Waals surface area contributed by atoms with Crippen LogP contribution >= 0.6 is 11.3 Å². The van der Waals surface area contributed by atoms with Crippen LogP contribution in [0.3, 0.4) is 0 Å². The molecule has 5 rings (SSSR count). The minimum absolute atomic E-state index is 0.170. The molecule has 0 saturated carbocycles. The van der Waals surface area contributed by atoms with Crippen molar-refractivity contribution in [3.8, 4) is 11.3 Å². The number of rotatable bonds is 5. The summed E-state index contributed by atoms with van der Waals surface area (Å²) in [6.07, 6.45) is 2.13. The summed E-state index contributed by atoms with van der Waals surface area (Å²) in [5.41, 5.74) is 1.72. The Morgan fingerprint density at radius 3 is 2.76 bits per heavy atom. The third kappa shape index (κ3) is 5.00. The van der Waals surface area contributed by atoms with Gasteiger partial charge in [0.05, 0.1) is 22.9 Å². The maximum atomic E-state index is 13.2. The molecule has 1 fully saturated rings. The van der Waals surface area contributed by atoms with Crippen LogP contribution in [0.1, 0.15) is 53.3 Å². The fourth-order valence-electron chi connectivity index (χ4n) is 4.71. The first-order valence-electron chi connectivity index (χ1n) is 11.5. The molecule has 5 nitrogen and oxygen atoms in total. The van der Waals surface area contributed by atoms with Crippen molar-refractivity contribution < 1.29 is 18.0 Å². The topological polar surface area (TPSA) is 58.1 Å². The molecule has 3 heterocycles. The van der Waals surface area contributed by atoms with Gasteiger partial charge in [-0.1, -0.05) is 18.2 Å². The quantitative estimate of drug-likeness (QED) is 0.490. The maximum absolute atomic E-state index is 13.2. The molecule has 0 spiro atoms. The molecular weight excluding hydrogens is 461 g/mol. The van der Waals surface area contributed by atoms with Gasteiger partial charge in [0.15, 0.2) is 5.13 Å². The van der Waals surface area contributed by atoms with Gasteiger partial charge in [-0.05, 0) is 69.0 Å². The van der Waals surface area contributed by atoms with Crippen molar-refractivity contribution in [3.05, 3.63) is 64.3 Å². The Morgan fingerprint density at radius 1 is 1.15 bits per heavy atom. The number of anilines is 1. The number of likely N-dealkylation sites (tertiary alicyclic amines) is 1. The number of alkyl halides is 3. The van der Waals surface area contributed by atoms with E-state index in [1.165, 1.54) is 30.2 Å². The van der Waals surface area contributed by atoms with E-state index in [1.807, 2.05) is 12.3 Å². The van der Waals surface area contributed by atoms with Crippen molar-refractivity contribution in [1.29, 1.82) is 0 Å². The van der Waals surface area contributed by atoms with Crippen LogP contribution in [0, 0.1) is 0 Å². The highest BCUT2D eigenvalue weighted by Gasteiger charge is 2.32. The number of thiazole rings is 1. The fraction of sp³-hybridized carbons (Fsp3) is 0.400. The smallest absolute Gasteiger partial charge is 0.301 e. The number of aromatic nitrogens is 2. The van der Waals surface area contributed by atoms with E-state index in [9.17, 15) is 18.0 Å². The summed E-state index contributed by atoms with van der Waals surface area (Å²) in [6.45, 7) is 3.04. The Kier molecular flexibility index (Phi) is 6.40.